The minimum Gasteiger partial charge on any atom is -0.651 e. The number of fused-ring (bicyclic) bond motifs is 6. The topological polar surface area (TPSA) is 18.0 Å². The molecule has 8 rings (SSSR count). The van der Waals surface area contributed by atoms with Crippen LogP contribution >= 0.6 is 0 Å². The SMILES string of the molecule is c1ccc(-n2c3ccccc3c3cc([B-]4(c5ccccc5)Oc5ccccc5-c5cccc[n+]54)ccc32)cc1. The molecule has 3 nitrogen and oxygen atoms in total. The predicted molar refractivity (Wildman–Crippen MR) is 160 cm³/mol. The van der Waals surface area contributed by atoms with E-state index in [1.807, 2.05) is 0 Å². The molecular weight excluding hydrogens is 475 g/mol. The molecule has 1 aliphatic heterocycles. The average Bonchev–Trinajstić information content (AvgIpc) is 3.35. The van der Waals surface area contributed by atoms with Crippen molar-refractivity contribution in [3.8, 4) is 22.7 Å². The Kier molecular flexibility index (Phi) is 4.77. The maximum atomic E-state index is 7.19. The van der Waals surface area contributed by atoms with Crippen molar-refractivity contribution in [2.75, 3.05) is 0 Å². The third-order valence-electron chi connectivity index (χ3n) is 8.16. The van der Waals surface area contributed by atoms with Gasteiger partial charge in [-0.15, -0.1) is 0 Å². The van der Waals surface area contributed by atoms with Gasteiger partial charge < -0.3 is 13.7 Å². The van der Waals surface area contributed by atoms with Crippen LogP contribution in [-0.4, -0.2) is 11.1 Å². The highest BCUT2D eigenvalue weighted by atomic mass is 16.5. The quantitative estimate of drug-likeness (QED) is 0.263. The second-order valence-corrected chi connectivity index (χ2v) is 10.2. The smallest absolute Gasteiger partial charge is 0.513 e. The third-order valence-corrected chi connectivity index (χ3v) is 8.16. The lowest BCUT2D eigenvalue weighted by molar-refractivity contribution is -0.542. The van der Waals surface area contributed by atoms with Crippen LogP contribution in [0, 0.1) is 0 Å². The number of hydrogen-bond acceptors (Lipinski definition) is 1. The molecule has 184 valence electrons. The second-order valence-electron chi connectivity index (χ2n) is 10.2. The summed E-state index contributed by atoms with van der Waals surface area (Å²) in [4.78, 5) is 0. The van der Waals surface area contributed by atoms with Gasteiger partial charge in [-0.25, -0.2) is 0 Å². The molecule has 0 saturated heterocycles. The van der Waals surface area contributed by atoms with E-state index in [1.165, 1.54) is 21.8 Å². The standard InChI is InChI=1S/C35H25BN2O/c1-3-13-26(14-4-1)36(37-24-12-11-19-32(37)30-18-8-10-21-35(30)39-36)27-22-23-34-31(25-27)29-17-7-9-20-33(29)38(34)28-15-5-2-6-16-28/h1-25H. The number of benzene rings is 5. The van der Waals surface area contributed by atoms with E-state index >= 15 is 0 Å². The Labute approximate surface area is 227 Å². The van der Waals surface area contributed by atoms with Gasteiger partial charge in [0.1, 0.15) is 6.20 Å². The van der Waals surface area contributed by atoms with E-state index in [2.05, 4.69) is 161 Å². The van der Waals surface area contributed by atoms with Crippen LogP contribution in [0.4, 0.5) is 0 Å². The summed E-state index contributed by atoms with van der Waals surface area (Å²) in [7, 11) is 0. The van der Waals surface area contributed by atoms with Crippen LogP contribution in [0.25, 0.3) is 38.8 Å². The summed E-state index contributed by atoms with van der Waals surface area (Å²) in [6.45, 7) is -1.82. The fourth-order valence-corrected chi connectivity index (χ4v) is 6.48. The van der Waals surface area contributed by atoms with E-state index in [0.717, 1.165) is 33.6 Å². The number of aromatic nitrogens is 2. The molecule has 1 unspecified atom stereocenters. The van der Waals surface area contributed by atoms with Gasteiger partial charge in [-0.3, -0.25) is 0 Å². The first-order chi connectivity index (χ1) is 19.3. The molecule has 0 saturated carbocycles. The normalized spacial score (nSPS) is 16.0. The predicted octanol–water partition coefficient (Wildman–Crippen LogP) is 6.24. The monoisotopic (exact) mass is 500 g/mol. The lowest BCUT2D eigenvalue weighted by Gasteiger charge is -2.41. The van der Waals surface area contributed by atoms with Gasteiger partial charge in [0, 0.05) is 22.5 Å². The Balaban J connectivity index is 1.47. The van der Waals surface area contributed by atoms with Crippen LogP contribution < -0.4 is 20.1 Å². The van der Waals surface area contributed by atoms with Crippen molar-refractivity contribution in [3.05, 3.63) is 152 Å². The highest BCUT2D eigenvalue weighted by Gasteiger charge is 2.49. The lowest BCUT2D eigenvalue weighted by Crippen LogP contribution is -2.83. The van der Waals surface area contributed by atoms with E-state index in [-0.39, 0.29) is 0 Å². The van der Waals surface area contributed by atoms with Crippen LogP contribution in [0.3, 0.4) is 0 Å². The molecule has 0 bridgehead atoms. The van der Waals surface area contributed by atoms with Crippen molar-refractivity contribution >= 4 is 39.2 Å². The molecule has 0 N–H and O–H groups in total. The van der Waals surface area contributed by atoms with Crippen LogP contribution in [0.2, 0.25) is 0 Å². The maximum Gasteiger partial charge on any atom is 0.513 e. The summed E-state index contributed by atoms with van der Waals surface area (Å²) >= 11 is 0. The third kappa shape index (κ3) is 3.15. The number of hydrogen-bond donors (Lipinski definition) is 0. The largest absolute Gasteiger partial charge is 0.651 e. The summed E-state index contributed by atoms with van der Waals surface area (Å²) < 4.78 is 11.9. The van der Waals surface area contributed by atoms with E-state index < -0.39 is 6.48 Å². The molecule has 0 fully saturated rings. The molecule has 2 aromatic heterocycles. The Morgan fingerprint density at radius 2 is 1.23 bits per heavy atom. The Hall–Kier alpha value is -5.09. The fourth-order valence-electron chi connectivity index (χ4n) is 6.48. The molecule has 0 spiro atoms. The molecular formula is C35H25BN2O. The van der Waals surface area contributed by atoms with Crippen molar-refractivity contribution < 1.29 is 9.13 Å². The minimum atomic E-state index is -1.82. The molecule has 0 amide bonds. The lowest BCUT2D eigenvalue weighted by atomic mass is 9.40. The Morgan fingerprint density at radius 1 is 0.538 bits per heavy atom. The van der Waals surface area contributed by atoms with Gasteiger partial charge in [-0.2, -0.15) is 0 Å². The minimum absolute atomic E-state index is 0.902. The molecule has 39 heavy (non-hydrogen) atoms. The second kappa shape index (κ2) is 8.47. The van der Waals surface area contributed by atoms with Gasteiger partial charge in [0.25, 0.3) is 0 Å². The molecule has 1 aliphatic rings. The van der Waals surface area contributed by atoms with Gasteiger partial charge in [0.2, 0.25) is 0 Å². The number of rotatable bonds is 3. The Morgan fingerprint density at radius 3 is 2.10 bits per heavy atom. The summed E-state index contributed by atoms with van der Waals surface area (Å²) in [6, 6.07) is 51.5. The maximum absolute atomic E-state index is 7.19. The molecule has 5 aromatic carbocycles. The van der Waals surface area contributed by atoms with E-state index in [4.69, 9.17) is 4.65 Å². The number of nitrogens with zero attached hydrogens (tertiary/aromatic N) is 2. The molecule has 0 aliphatic carbocycles. The van der Waals surface area contributed by atoms with Gasteiger partial charge >= 0.3 is 6.48 Å². The highest BCUT2D eigenvalue weighted by molar-refractivity contribution is 6.91. The molecule has 4 heteroatoms. The molecule has 7 aromatic rings. The zero-order valence-electron chi connectivity index (χ0n) is 21.3. The van der Waals surface area contributed by atoms with Crippen LogP contribution in [0.15, 0.2) is 152 Å². The van der Waals surface area contributed by atoms with E-state index in [9.17, 15) is 0 Å². The van der Waals surface area contributed by atoms with Gasteiger partial charge in [0.15, 0.2) is 5.69 Å². The van der Waals surface area contributed by atoms with Gasteiger partial charge in [0.05, 0.1) is 22.3 Å². The van der Waals surface area contributed by atoms with Crippen molar-refractivity contribution in [2.24, 2.45) is 0 Å². The van der Waals surface area contributed by atoms with E-state index in [1.54, 1.807) is 0 Å². The summed E-state index contributed by atoms with van der Waals surface area (Å²) in [5.41, 5.74) is 8.05. The number of para-hydroxylation sites is 3. The van der Waals surface area contributed by atoms with Crippen LogP contribution in [-0.2, 0) is 0 Å². The van der Waals surface area contributed by atoms with Gasteiger partial charge in [-0.1, -0.05) is 108 Å². The average molecular weight is 500 g/mol. The van der Waals surface area contributed by atoms with Crippen molar-refractivity contribution in [1.82, 2.24) is 4.57 Å². The molecule has 0 radical (unpaired) electrons. The van der Waals surface area contributed by atoms with E-state index in [0.29, 0.717) is 0 Å². The fraction of sp³-hybridized carbons (Fsp3) is 0. The Bertz CT molecular complexity index is 2000. The van der Waals surface area contributed by atoms with Crippen molar-refractivity contribution in [2.45, 2.75) is 0 Å². The first-order valence-electron chi connectivity index (χ1n) is 13.4. The summed E-state index contributed by atoms with van der Waals surface area (Å²) in [5, 5.41) is 2.44. The highest BCUT2D eigenvalue weighted by Crippen LogP contribution is 2.35. The number of pyridine rings is 1. The van der Waals surface area contributed by atoms with Crippen LogP contribution in [0.1, 0.15) is 0 Å². The van der Waals surface area contributed by atoms with Crippen molar-refractivity contribution in [1.29, 1.82) is 0 Å². The first kappa shape index (κ1) is 21.9. The van der Waals surface area contributed by atoms with Gasteiger partial charge in [-0.05, 0) is 42.5 Å². The van der Waals surface area contributed by atoms with Crippen molar-refractivity contribution in [3.63, 3.8) is 0 Å². The first-order valence-corrected chi connectivity index (χ1v) is 13.4. The molecule has 3 heterocycles. The summed E-state index contributed by atoms with van der Waals surface area (Å²) in [5.74, 6) is 0.902. The zero-order chi connectivity index (χ0) is 25.8. The summed E-state index contributed by atoms with van der Waals surface area (Å²) in [6.07, 6.45) is 2.16. The zero-order valence-corrected chi connectivity index (χ0v) is 21.3. The van der Waals surface area contributed by atoms with Crippen LogP contribution in [0.5, 0.6) is 5.75 Å². The molecule has 1 atom stereocenters.